The first kappa shape index (κ1) is 17.2. The highest BCUT2D eigenvalue weighted by atomic mass is 19.4. The predicted molar refractivity (Wildman–Crippen MR) is 61.9 cm³/mol. The quantitative estimate of drug-likeness (QED) is 0.701. The summed E-state index contributed by atoms with van der Waals surface area (Å²) in [6.45, 7) is 2.24. The van der Waals surface area contributed by atoms with Gasteiger partial charge in [-0.1, -0.05) is 26.7 Å². The minimum absolute atomic E-state index is 0.188. The van der Waals surface area contributed by atoms with E-state index in [0.29, 0.717) is 5.92 Å². The molecule has 0 aromatic carbocycles. The molecule has 0 bridgehead atoms. The van der Waals surface area contributed by atoms with Crippen molar-refractivity contribution in [3.63, 3.8) is 0 Å². The molecule has 3 N–H and O–H groups in total. The largest absolute Gasteiger partial charge is 0.411 e. The third-order valence-corrected chi connectivity index (χ3v) is 2.69. The van der Waals surface area contributed by atoms with Crippen LogP contribution < -0.4 is 11.1 Å². The van der Waals surface area contributed by atoms with E-state index < -0.39 is 25.3 Å². The second-order valence-corrected chi connectivity index (χ2v) is 4.15. The molecule has 1 unspecified atom stereocenters. The Morgan fingerprint density at radius 2 is 1.89 bits per heavy atom. The van der Waals surface area contributed by atoms with Crippen LogP contribution in [0.1, 0.15) is 26.7 Å². The van der Waals surface area contributed by atoms with Crippen molar-refractivity contribution in [2.24, 2.45) is 11.7 Å². The van der Waals surface area contributed by atoms with Crippen LogP contribution in [0.25, 0.3) is 0 Å². The maximum atomic E-state index is 11.7. The minimum Gasteiger partial charge on any atom is -0.362 e. The molecule has 4 nitrogen and oxygen atoms in total. The number of amides is 1. The number of ether oxygens (including phenoxy) is 1. The molecule has 108 valence electrons. The van der Waals surface area contributed by atoms with Crippen LogP contribution in [0.2, 0.25) is 0 Å². The lowest BCUT2D eigenvalue weighted by Crippen LogP contribution is -2.43. The van der Waals surface area contributed by atoms with Gasteiger partial charge in [0.25, 0.3) is 0 Å². The Morgan fingerprint density at radius 3 is 2.33 bits per heavy atom. The van der Waals surface area contributed by atoms with Crippen molar-refractivity contribution in [1.29, 1.82) is 0 Å². The standard InChI is InChI=1S/C11H21F3N2O2/c1-3-8(4-2)9(15)5-16-10(17)6-18-7-11(12,13)14/h8-9H,3-7,15H2,1-2H3,(H,16,17). The van der Waals surface area contributed by atoms with E-state index in [1.165, 1.54) is 0 Å². The zero-order valence-electron chi connectivity index (χ0n) is 10.7. The van der Waals surface area contributed by atoms with Gasteiger partial charge in [-0.05, 0) is 5.92 Å². The minimum atomic E-state index is -4.41. The Balaban J connectivity index is 3.76. The highest BCUT2D eigenvalue weighted by Crippen LogP contribution is 2.14. The van der Waals surface area contributed by atoms with Gasteiger partial charge < -0.3 is 15.8 Å². The molecule has 0 heterocycles. The fourth-order valence-corrected chi connectivity index (χ4v) is 1.60. The van der Waals surface area contributed by atoms with Gasteiger partial charge in [0.05, 0.1) is 0 Å². The molecule has 1 atom stereocenters. The van der Waals surface area contributed by atoms with Crippen LogP contribution in [0.15, 0.2) is 0 Å². The Morgan fingerprint density at radius 1 is 1.33 bits per heavy atom. The molecule has 0 aliphatic heterocycles. The van der Waals surface area contributed by atoms with Gasteiger partial charge in [-0.3, -0.25) is 4.79 Å². The van der Waals surface area contributed by atoms with Crippen molar-refractivity contribution in [1.82, 2.24) is 5.32 Å². The lowest BCUT2D eigenvalue weighted by atomic mass is 9.95. The zero-order chi connectivity index (χ0) is 14.2. The van der Waals surface area contributed by atoms with Crippen molar-refractivity contribution in [3.05, 3.63) is 0 Å². The van der Waals surface area contributed by atoms with Crippen LogP contribution in [-0.2, 0) is 9.53 Å². The monoisotopic (exact) mass is 270 g/mol. The van der Waals surface area contributed by atoms with Crippen LogP contribution in [0.3, 0.4) is 0 Å². The van der Waals surface area contributed by atoms with Gasteiger partial charge in [0.2, 0.25) is 5.91 Å². The van der Waals surface area contributed by atoms with E-state index >= 15 is 0 Å². The summed E-state index contributed by atoms with van der Waals surface area (Å²) in [4.78, 5) is 11.2. The van der Waals surface area contributed by atoms with E-state index in [4.69, 9.17) is 5.73 Å². The van der Waals surface area contributed by atoms with E-state index in [9.17, 15) is 18.0 Å². The number of nitrogens with one attached hydrogen (secondary N) is 1. The molecule has 0 aliphatic carbocycles. The molecule has 0 aromatic rings. The van der Waals surface area contributed by atoms with Gasteiger partial charge in [0, 0.05) is 12.6 Å². The Hall–Kier alpha value is -0.820. The van der Waals surface area contributed by atoms with E-state index in [0.717, 1.165) is 12.8 Å². The third-order valence-electron chi connectivity index (χ3n) is 2.69. The maximum absolute atomic E-state index is 11.7. The molecule has 1 amide bonds. The molecular weight excluding hydrogens is 249 g/mol. The molecule has 0 spiro atoms. The lowest BCUT2D eigenvalue weighted by Gasteiger charge is -2.21. The average Bonchev–Trinajstić information content (AvgIpc) is 2.26. The third kappa shape index (κ3) is 8.30. The molecule has 0 radical (unpaired) electrons. The van der Waals surface area contributed by atoms with Crippen molar-refractivity contribution in [3.8, 4) is 0 Å². The van der Waals surface area contributed by atoms with Crippen LogP contribution in [0.4, 0.5) is 13.2 Å². The highest BCUT2D eigenvalue weighted by molar-refractivity contribution is 5.77. The van der Waals surface area contributed by atoms with Crippen LogP contribution >= 0.6 is 0 Å². The van der Waals surface area contributed by atoms with Gasteiger partial charge in [0.1, 0.15) is 13.2 Å². The molecular formula is C11H21F3N2O2. The number of carbonyl (C=O) groups excluding carboxylic acids is 1. The molecule has 0 saturated heterocycles. The molecule has 18 heavy (non-hydrogen) atoms. The maximum Gasteiger partial charge on any atom is 0.411 e. The van der Waals surface area contributed by atoms with E-state index in [1.807, 2.05) is 13.8 Å². The Kier molecular flexibility index (Phi) is 7.93. The second-order valence-electron chi connectivity index (χ2n) is 4.15. The van der Waals surface area contributed by atoms with E-state index in [-0.39, 0.29) is 12.6 Å². The van der Waals surface area contributed by atoms with Gasteiger partial charge in [-0.15, -0.1) is 0 Å². The molecule has 0 fully saturated rings. The first-order valence-electron chi connectivity index (χ1n) is 5.96. The number of hydrogen-bond acceptors (Lipinski definition) is 3. The molecule has 0 aliphatic rings. The number of rotatable bonds is 8. The Bertz CT molecular complexity index is 243. The van der Waals surface area contributed by atoms with Crippen LogP contribution in [0.5, 0.6) is 0 Å². The summed E-state index contributed by atoms with van der Waals surface area (Å²) in [6.07, 6.45) is -2.61. The molecule has 7 heteroatoms. The summed E-state index contributed by atoms with van der Waals surface area (Å²) in [5, 5.41) is 2.46. The number of carbonyl (C=O) groups is 1. The van der Waals surface area contributed by atoms with Crippen LogP contribution in [-0.4, -0.2) is 37.9 Å². The fraction of sp³-hybridized carbons (Fsp3) is 0.909. The summed E-state index contributed by atoms with van der Waals surface area (Å²) in [5.41, 5.74) is 5.85. The zero-order valence-corrected chi connectivity index (χ0v) is 10.7. The number of alkyl halides is 3. The molecule has 0 rings (SSSR count). The van der Waals surface area contributed by atoms with Crippen molar-refractivity contribution >= 4 is 5.91 Å². The summed E-state index contributed by atoms with van der Waals surface area (Å²) in [5.74, 6) is -0.290. The fourth-order valence-electron chi connectivity index (χ4n) is 1.60. The smallest absolute Gasteiger partial charge is 0.362 e. The lowest BCUT2D eigenvalue weighted by molar-refractivity contribution is -0.175. The summed E-state index contributed by atoms with van der Waals surface area (Å²) >= 11 is 0. The van der Waals surface area contributed by atoms with Crippen molar-refractivity contribution in [2.45, 2.75) is 38.9 Å². The number of hydrogen-bond donors (Lipinski definition) is 2. The normalized spacial score (nSPS) is 13.7. The average molecular weight is 270 g/mol. The van der Waals surface area contributed by atoms with Crippen LogP contribution in [0, 0.1) is 5.92 Å². The topological polar surface area (TPSA) is 64.3 Å². The van der Waals surface area contributed by atoms with Gasteiger partial charge in [0.15, 0.2) is 0 Å². The summed E-state index contributed by atoms with van der Waals surface area (Å²) < 4.78 is 39.5. The summed E-state index contributed by atoms with van der Waals surface area (Å²) in [6, 6.07) is -0.188. The predicted octanol–water partition coefficient (Wildman–Crippen LogP) is 1.45. The number of nitrogens with two attached hydrogens (primary N) is 1. The number of halogens is 3. The SMILES string of the molecule is CCC(CC)C(N)CNC(=O)COCC(F)(F)F. The summed E-state index contributed by atoms with van der Waals surface area (Å²) in [7, 11) is 0. The van der Waals surface area contributed by atoms with E-state index in [2.05, 4.69) is 10.1 Å². The Labute approximate surface area is 105 Å². The van der Waals surface area contributed by atoms with Gasteiger partial charge >= 0.3 is 6.18 Å². The van der Waals surface area contributed by atoms with E-state index in [1.54, 1.807) is 0 Å². The molecule has 0 aromatic heterocycles. The van der Waals surface area contributed by atoms with Gasteiger partial charge in [-0.25, -0.2) is 0 Å². The van der Waals surface area contributed by atoms with Crippen molar-refractivity contribution < 1.29 is 22.7 Å². The highest BCUT2D eigenvalue weighted by Gasteiger charge is 2.27. The first-order valence-corrected chi connectivity index (χ1v) is 5.96. The van der Waals surface area contributed by atoms with Crippen molar-refractivity contribution in [2.75, 3.05) is 19.8 Å². The second kappa shape index (κ2) is 8.31. The first-order chi connectivity index (χ1) is 8.30. The van der Waals surface area contributed by atoms with Gasteiger partial charge in [-0.2, -0.15) is 13.2 Å². The molecule has 0 saturated carbocycles.